The molecule has 0 saturated carbocycles. The van der Waals surface area contributed by atoms with E-state index in [9.17, 15) is 4.39 Å². The molecule has 10 heteroatoms. The Labute approximate surface area is 268 Å². The summed E-state index contributed by atoms with van der Waals surface area (Å²) in [6.45, 7) is 6.96. The van der Waals surface area contributed by atoms with Crippen molar-refractivity contribution in [1.29, 1.82) is 0 Å². The summed E-state index contributed by atoms with van der Waals surface area (Å²) in [5.74, 6) is -1.47. The van der Waals surface area contributed by atoms with Gasteiger partial charge in [0.1, 0.15) is 23.0 Å². The Morgan fingerprint density at radius 1 is 1.00 bits per heavy atom. The number of piperazine rings is 1. The van der Waals surface area contributed by atoms with Crippen molar-refractivity contribution >= 4 is 27.5 Å². The summed E-state index contributed by atoms with van der Waals surface area (Å²) in [5, 5.41) is 8.40. The lowest BCUT2D eigenvalue weighted by atomic mass is 9.92. The highest BCUT2D eigenvalue weighted by molar-refractivity contribution is 6.02. The first-order chi connectivity index (χ1) is 22.4. The van der Waals surface area contributed by atoms with Gasteiger partial charge in [0.25, 0.3) is 0 Å². The summed E-state index contributed by atoms with van der Waals surface area (Å²) in [5.41, 5.74) is 0.486. The molecule has 0 amide bonds. The third-order valence-electron chi connectivity index (χ3n) is 9.36. The van der Waals surface area contributed by atoms with E-state index in [2.05, 4.69) is 27.4 Å². The van der Waals surface area contributed by atoms with Gasteiger partial charge in [-0.2, -0.15) is 9.97 Å². The largest absolute Gasteiger partial charge is 0.463 e. The number of unbranched alkanes of at least 4 members (excludes halogenated alkanes) is 1. The molecule has 3 heterocycles. The van der Waals surface area contributed by atoms with Crippen LogP contribution in [0.25, 0.3) is 32.8 Å². The summed E-state index contributed by atoms with van der Waals surface area (Å²) in [6, 6.07) is 10.6. The van der Waals surface area contributed by atoms with Crippen LogP contribution in [-0.2, 0) is 11.2 Å². The van der Waals surface area contributed by atoms with Gasteiger partial charge in [0.2, 0.25) is 0 Å². The van der Waals surface area contributed by atoms with E-state index in [-0.39, 0.29) is 17.1 Å². The number of likely N-dealkylation sites (N-methyl/N-ethyl adjacent to an activating group) is 1. The number of benzene rings is 3. The van der Waals surface area contributed by atoms with Crippen LogP contribution in [0, 0.1) is 17.5 Å². The zero-order chi connectivity index (χ0) is 32.2. The molecule has 2 aliphatic rings. The maximum Gasteiger partial charge on any atom is 0.319 e. The Balaban J connectivity index is 1.33. The van der Waals surface area contributed by atoms with Crippen molar-refractivity contribution in [3.05, 3.63) is 59.4 Å². The van der Waals surface area contributed by atoms with Gasteiger partial charge in [0.15, 0.2) is 5.82 Å². The second-order valence-corrected chi connectivity index (χ2v) is 12.5. The Kier molecular flexibility index (Phi) is 10.3. The molecule has 246 valence electrons. The van der Waals surface area contributed by atoms with Crippen LogP contribution in [0.2, 0.25) is 0 Å². The first kappa shape index (κ1) is 32.5. The molecule has 1 aromatic heterocycles. The highest BCUT2D eigenvalue weighted by Crippen LogP contribution is 2.40. The van der Waals surface area contributed by atoms with Crippen LogP contribution in [0.15, 0.2) is 36.4 Å². The number of nitrogens with one attached hydrogen (secondary N) is 2. The topological polar surface area (TPSA) is 71.5 Å². The van der Waals surface area contributed by atoms with Crippen LogP contribution in [0.1, 0.15) is 57.9 Å². The standard InChI is InChI=1S/C36H44F3N5O2/c1-4-9-25(40-3)21-45-16-6-7-17-46-36-42-34-28(35(43-36)44-19-23-13-14-24(20-44)41-23)18-30(38)32(33(34)39)27-11-8-10-22-12-15-29(37)26(5-2)31(22)27/h8,10-12,15,18,23-25,40-41H,4-7,9,13-14,16-17,19-21H2,1-3H3. The zero-order valence-corrected chi connectivity index (χ0v) is 27.0. The number of rotatable bonds is 14. The Hall–Kier alpha value is -3.47. The molecule has 3 unspecified atom stereocenters. The molecule has 7 nitrogen and oxygen atoms in total. The molecule has 0 aliphatic carbocycles. The number of nitrogens with zero attached hydrogens (tertiary/aromatic N) is 3. The summed E-state index contributed by atoms with van der Waals surface area (Å²) in [7, 11) is 1.95. The highest BCUT2D eigenvalue weighted by atomic mass is 19.1. The lowest BCUT2D eigenvalue weighted by molar-refractivity contribution is 0.104. The van der Waals surface area contributed by atoms with Crippen LogP contribution in [-0.4, -0.2) is 68.1 Å². The van der Waals surface area contributed by atoms with Crippen LogP contribution in [0.4, 0.5) is 19.0 Å². The summed E-state index contributed by atoms with van der Waals surface area (Å²) in [4.78, 5) is 11.3. The molecule has 4 aromatic rings. The minimum atomic E-state index is -0.806. The predicted octanol–water partition coefficient (Wildman–Crippen LogP) is 6.93. The molecule has 2 saturated heterocycles. The molecule has 2 fully saturated rings. The molecule has 6 rings (SSSR count). The third-order valence-corrected chi connectivity index (χ3v) is 9.36. The lowest BCUT2D eigenvalue weighted by Gasteiger charge is -2.34. The number of hydrogen-bond donors (Lipinski definition) is 2. The predicted molar refractivity (Wildman–Crippen MR) is 177 cm³/mol. The Bertz CT molecular complexity index is 1670. The maximum atomic E-state index is 16.7. The van der Waals surface area contributed by atoms with Crippen molar-refractivity contribution in [1.82, 2.24) is 20.6 Å². The molecular weight excluding hydrogens is 591 g/mol. The SMILES string of the molecule is CCCC(COCCCCOc1nc(N2CC3CCC(C2)N3)c2cc(F)c(-c3cccc4ccc(F)c(CC)c34)c(F)c2n1)NC. The second kappa shape index (κ2) is 14.5. The number of hydrogen-bond acceptors (Lipinski definition) is 7. The lowest BCUT2D eigenvalue weighted by Crippen LogP contribution is -2.51. The average molecular weight is 636 g/mol. The second-order valence-electron chi connectivity index (χ2n) is 12.5. The maximum absolute atomic E-state index is 16.7. The van der Waals surface area contributed by atoms with Gasteiger partial charge in [-0.25, -0.2) is 13.2 Å². The Morgan fingerprint density at radius 3 is 2.52 bits per heavy atom. The number of halogens is 3. The van der Waals surface area contributed by atoms with E-state index in [0.29, 0.717) is 97.0 Å². The van der Waals surface area contributed by atoms with E-state index in [0.717, 1.165) is 32.1 Å². The minimum absolute atomic E-state index is 0.00824. The number of ether oxygens (including phenoxy) is 2. The van der Waals surface area contributed by atoms with Crippen molar-refractivity contribution in [3.8, 4) is 17.1 Å². The number of aryl methyl sites for hydroxylation is 1. The van der Waals surface area contributed by atoms with E-state index in [4.69, 9.17) is 14.5 Å². The quantitative estimate of drug-likeness (QED) is 0.146. The van der Waals surface area contributed by atoms with Crippen LogP contribution >= 0.6 is 0 Å². The normalized spacial score (nSPS) is 18.5. The number of fused-ring (bicyclic) bond motifs is 4. The monoisotopic (exact) mass is 635 g/mol. The fourth-order valence-electron chi connectivity index (χ4n) is 7.02. The van der Waals surface area contributed by atoms with Gasteiger partial charge in [-0.15, -0.1) is 0 Å². The van der Waals surface area contributed by atoms with Gasteiger partial charge in [-0.05, 0) is 79.6 Å². The van der Waals surface area contributed by atoms with Crippen LogP contribution in [0.5, 0.6) is 6.01 Å². The van der Waals surface area contributed by atoms with Gasteiger partial charge in [0, 0.05) is 43.2 Å². The third kappa shape index (κ3) is 6.66. The van der Waals surface area contributed by atoms with Crippen molar-refractivity contribution in [2.45, 2.75) is 76.9 Å². The molecule has 46 heavy (non-hydrogen) atoms. The fraction of sp³-hybridized carbons (Fsp3) is 0.500. The molecular formula is C36H44F3N5O2. The number of anilines is 1. The van der Waals surface area contributed by atoms with E-state index in [1.807, 2.05) is 20.0 Å². The smallest absolute Gasteiger partial charge is 0.319 e. The van der Waals surface area contributed by atoms with E-state index < -0.39 is 17.5 Å². The molecule has 2 aliphatic heterocycles. The summed E-state index contributed by atoms with van der Waals surface area (Å²) < 4.78 is 59.6. The molecule has 2 N–H and O–H groups in total. The van der Waals surface area contributed by atoms with Crippen molar-refractivity contribution in [2.24, 2.45) is 0 Å². The molecule has 2 bridgehead atoms. The summed E-state index contributed by atoms with van der Waals surface area (Å²) >= 11 is 0. The zero-order valence-electron chi connectivity index (χ0n) is 27.0. The number of aromatic nitrogens is 2. The first-order valence-corrected chi connectivity index (χ1v) is 16.7. The van der Waals surface area contributed by atoms with Crippen LogP contribution in [0.3, 0.4) is 0 Å². The van der Waals surface area contributed by atoms with E-state index >= 15 is 8.78 Å². The van der Waals surface area contributed by atoms with Gasteiger partial charge >= 0.3 is 6.01 Å². The van der Waals surface area contributed by atoms with Gasteiger partial charge < -0.3 is 25.0 Å². The minimum Gasteiger partial charge on any atom is -0.463 e. The van der Waals surface area contributed by atoms with Crippen LogP contribution < -0.4 is 20.3 Å². The van der Waals surface area contributed by atoms with Gasteiger partial charge in [0.05, 0.1) is 18.8 Å². The van der Waals surface area contributed by atoms with E-state index in [1.54, 1.807) is 18.2 Å². The Morgan fingerprint density at radius 2 is 1.78 bits per heavy atom. The molecule has 3 aromatic carbocycles. The van der Waals surface area contributed by atoms with E-state index in [1.165, 1.54) is 12.1 Å². The average Bonchev–Trinajstić information content (AvgIpc) is 3.40. The molecule has 3 atom stereocenters. The van der Waals surface area contributed by atoms with Crippen molar-refractivity contribution in [3.63, 3.8) is 0 Å². The van der Waals surface area contributed by atoms with Crippen molar-refractivity contribution < 1.29 is 22.6 Å². The first-order valence-electron chi connectivity index (χ1n) is 16.7. The highest BCUT2D eigenvalue weighted by Gasteiger charge is 2.34. The molecule has 0 radical (unpaired) electrons. The molecule has 0 spiro atoms. The van der Waals surface area contributed by atoms with Gasteiger partial charge in [-0.3, -0.25) is 0 Å². The van der Waals surface area contributed by atoms with Gasteiger partial charge in [-0.1, -0.05) is 44.5 Å². The van der Waals surface area contributed by atoms with Crippen molar-refractivity contribution in [2.75, 3.05) is 44.9 Å². The fourth-order valence-corrected chi connectivity index (χ4v) is 7.02. The summed E-state index contributed by atoms with van der Waals surface area (Å²) in [6.07, 6.45) is 6.15.